The number of esters is 1. The Morgan fingerprint density at radius 3 is 2.54 bits per heavy atom. The quantitative estimate of drug-likeness (QED) is 0.323. The molecule has 4 atom stereocenters. The largest absolute Gasteiger partial charge is 0.508 e. The molecule has 1 amide bonds. The minimum atomic E-state index is -0.724. The molecule has 1 unspecified atom stereocenters. The third-order valence-corrected chi connectivity index (χ3v) is 8.97. The van der Waals surface area contributed by atoms with E-state index in [-0.39, 0.29) is 23.7 Å². The third kappa shape index (κ3) is 5.27. The van der Waals surface area contributed by atoms with Crippen LogP contribution in [0.25, 0.3) is 10.8 Å². The fraction of sp³-hybridized carbons (Fsp3) is 0.455. The lowest BCUT2D eigenvalue weighted by atomic mass is 9.54. The van der Waals surface area contributed by atoms with Gasteiger partial charge in [-0.1, -0.05) is 56.3 Å². The van der Waals surface area contributed by atoms with Gasteiger partial charge in [-0.3, -0.25) is 9.59 Å². The van der Waals surface area contributed by atoms with Crippen LogP contribution < -0.4 is 5.32 Å². The molecule has 5 rings (SSSR count). The number of ether oxygens (including phenoxy) is 1. The van der Waals surface area contributed by atoms with Crippen LogP contribution in [0.4, 0.5) is 0 Å². The van der Waals surface area contributed by atoms with Gasteiger partial charge in [0.2, 0.25) is 0 Å². The lowest BCUT2D eigenvalue weighted by molar-refractivity contribution is -0.925. The number of aromatic hydroxyl groups is 1. The minimum absolute atomic E-state index is 0.0862. The maximum Gasteiger partial charge on any atom is 0.303 e. The van der Waals surface area contributed by atoms with E-state index in [9.17, 15) is 14.7 Å². The van der Waals surface area contributed by atoms with Crippen molar-refractivity contribution in [1.29, 1.82) is 0 Å². The number of fused-ring (bicyclic) bond motifs is 2. The van der Waals surface area contributed by atoms with Crippen molar-refractivity contribution in [1.82, 2.24) is 5.32 Å². The Morgan fingerprint density at radius 1 is 1.05 bits per heavy atom. The Bertz CT molecular complexity index is 1390. The van der Waals surface area contributed by atoms with Gasteiger partial charge in [0.25, 0.3) is 5.91 Å². The van der Waals surface area contributed by atoms with Crippen LogP contribution in [-0.4, -0.2) is 59.8 Å². The first-order chi connectivity index (χ1) is 18.5. The summed E-state index contributed by atoms with van der Waals surface area (Å²) in [6.45, 7) is 8.61. The Hall–Kier alpha value is -3.38. The van der Waals surface area contributed by atoms with Gasteiger partial charge in [-0.05, 0) is 59.9 Å². The van der Waals surface area contributed by atoms with Crippen molar-refractivity contribution >= 4 is 22.6 Å². The molecule has 2 aliphatic rings. The molecule has 1 heterocycles. The second-order valence-electron chi connectivity index (χ2n) is 12.5. The van der Waals surface area contributed by atoms with Crippen molar-refractivity contribution in [2.24, 2.45) is 5.92 Å². The number of hydrogen-bond acceptors (Lipinski definition) is 4. The van der Waals surface area contributed by atoms with Crippen molar-refractivity contribution in [2.75, 3.05) is 26.7 Å². The van der Waals surface area contributed by atoms with Crippen molar-refractivity contribution in [3.8, 4) is 5.75 Å². The number of nitrogens with zero attached hydrogens (tertiary/aromatic N) is 1. The zero-order valence-electron chi connectivity index (χ0n) is 23.6. The van der Waals surface area contributed by atoms with Gasteiger partial charge in [-0.25, -0.2) is 0 Å². The van der Waals surface area contributed by atoms with Crippen molar-refractivity contribution in [3.05, 3.63) is 77.9 Å². The summed E-state index contributed by atoms with van der Waals surface area (Å²) < 4.78 is 7.23. The molecular formula is C33H41N2O4+. The Morgan fingerprint density at radius 2 is 1.82 bits per heavy atom. The number of likely N-dealkylation sites (N-methyl/N-ethyl adjacent to an activating group) is 1. The van der Waals surface area contributed by atoms with Gasteiger partial charge in [0.05, 0.1) is 20.1 Å². The summed E-state index contributed by atoms with van der Waals surface area (Å²) in [5.41, 5.74) is 0.371. The average molecular weight is 530 g/mol. The second-order valence-corrected chi connectivity index (χ2v) is 12.5. The van der Waals surface area contributed by atoms with Crippen LogP contribution in [0, 0.1) is 5.92 Å². The summed E-state index contributed by atoms with van der Waals surface area (Å²) in [4.78, 5) is 26.1. The fourth-order valence-electron chi connectivity index (χ4n) is 7.62. The number of carbonyl (C=O) groups is 2. The summed E-state index contributed by atoms with van der Waals surface area (Å²) in [5.74, 6) is 0.338. The van der Waals surface area contributed by atoms with Crippen LogP contribution in [0.1, 0.15) is 62.4 Å². The van der Waals surface area contributed by atoms with E-state index < -0.39 is 11.0 Å². The van der Waals surface area contributed by atoms with Crippen molar-refractivity contribution in [2.45, 2.75) is 63.5 Å². The van der Waals surface area contributed by atoms with Gasteiger partial charge in [0, 0.05) is 36.3 Å². The first-order valence-corrected chi connectivity index (χ1v) is 14.2. The van der Waals surface area contributed by atoms with E-state index in [2.05, 4.69) is 26.2 Å². The van der Waals surface area contributed by atoms with Crippen LogP contribution in [-0.2, 0) is 14.9 Å². The van der Waals surface area contributed by atoms with Crippen molar-refractivity contribution < 1.29 is 23.9 Å². The molecular weight excluding hydrogens is 488 g/mol. The smallest absolute Gasteiger partial charge is 0.303 e. The molecule has 0 aromatic heterocycles. The van der Waals surface area contributed by atoms with Crippen LogP contribution in [0.2, 0.25) is 0 Å². The van der Waals surface area contributed by atoms with Gasteiger partial charge >= 0.3 is 5.97 Å². The molecule has 1 saturated heterocycles. The molecule has 1 aliphatic carbocycles. The highest BCUT2D eigenvalue weighted by Crippen LogP contribution is 2.55. The van der Waals surface area contributed by atoms with Gasteiger partial charge < -0.3 is 19.6 Å². The SMILES string of the molecule is CC(=O)OC12CC[C@@H](NC(=O)c3ccc4ccccc4c3)C[C@@]1(c1cccc(O)c1)CC[N@@+](C)(CC(C)C)C2. The van der Waals surface area contributed by atoms with E-state index in [1.165, 1.54) is 6.92 Å². The molecule has 1 aliphatic heterocycles. The van der Waals surface area contributed by atoms with Crippen molar-refractivity contribution in [3.63, 3.8) is 0 Å². The van der Waals surface area contributed by atoms with E-state index in [0.717, 1.165) is 46.8 Å². The topological polar surface area (TPSA) is 75.6 Å². The number of amides is 1. The number of nitrogens with one attached hydrogen (secondary N) is 1. The summed E-state index contributed by atoms with van der Waals surface area (Å²) >= 11 is 0. The van der Waals surface area contributed by atoms with E-state index in [0.29, 0.717) is 30.9 Å². The lowest BCUT2D eigenvalue weighted by Gasteiger charge is -2.61. The highest BCUT2D eigenvalue weighted by molar-refractivity contribution is 5.98. The van der Waals surface area contributed by atoms with Crippen LogP contribution in [0.5, 0.6) is 5.75 Å². The number of benzene rings is 3. The first-order valence-electron chi connectivity index (χ1n) is 14.2. The third-order valence-electron chi connectivity index (χ3n) is 8.97. The zero-order valence-corrected chi connectivity index (χ0v) is 23.6. The number of piperidine rings is 1. The van der Waals surface area contributed by atoms with Crippen LogP contribution in [0.15, 0.2) is 66.7 Å². The van der Waals surface area contributed by atoms with E-state index in [4.69, 9.17) is 4.74 Å². The highest BCUT2D eigenvalue weighted by Gasteiger charge is 2.64. The lowest BCUT2D eigenvalue weighted by Crippen LogP contribution is -2.73. The molecule has 206 valence electrons. The number of quaternary nitrogens is 1. The monoisotopic (exact) mass is 529 g/mol. The van der Waals surface area contributed by atoms with E-state index in [1.54, 1.807) is 6.07 Å². The number of carbonyl (C=O) groups excluding carboxylic acids is 2. The molecule has 3 aromatic carbocycles. The van der Waals surface area contributed by atoms with Gasteiger partial charge in [-0.2, -0.15) is 0 Å². The summed E-state index contributed by atoms with van der Waals surface area (Å²) in [5, 5.41) is 15.9. The van der Waals surface area contributed by atoms with Crippen LogP contribution >= 0.6 is 0 Å². The number of hydrogen-bond donors (Lipinski definition) is 2. The highest BCUT2D eigenvalue weighted by atomic mass is 16.6. The Kier molecular flexibility index (Phi) is 7.19. The standard InChI is InChI=1S/C33H40N2O4/c1-23(2)21-35(4)17-16-32(28-10-7-11-30(37)19-28)20-29(14-15-33(32,22-35)39-24(3)36)34-31(38)27-13-12-25-8-5-6-9-26(25)18-27/h5-13,18-19,23,29H,14-17,20-22H2,1-4H3,(H-,34,37,38)/p+1/t29-,32-,33?,35+/m1/s1. The van der Waals surface area contributed by atoms with E-state index in [1.807, 2.05) is 60.7 Å². The Balaban J connectivity index is 1.50. The minimum Gasteiger partial charge on any atom is -0.508 e. The second kappa shape index (κ2) is 10.3. The van der Waals surface area contributed by atoms with Crippen LogP contribution in [0.3, 0.4) is 0 Å². The number of likely N-dealkylation sites (tertiary alicyclic amines) is 1. The predicted octanol–water partition coefficient (Wildman–Crippen LogP) is 5.57. The van der Waals surface area contributed by atoms with Gasteiger partial charge in [0.15, 0.2) is 5.60 Å². The fourth-order valence-corrected chi connectivity index (χ4v) is 7.62. The number of phenols is 1. The molecule has 3 aromatic rings. The van der Waals surface area contributed by atoms with E-state index >= 15 is 0 Å². The number of rotatable bonds is 6. The van der Waals surface area contributed by atoms with Gasteiger partial charge in [0.1, 0.15) is 12.3 Å². The molecule has 0 bridgehead atoms. The summed E-state index contributed by atoms with van der Waals surface area (Å²) in [7, 11) is 2.27. The molecule has 0 radical (unpaired) electrons. The van der Waals surface area contributed by atoms with Gasteiger partial charge in [-0.15, -0.1) is 0 Å². The summed E-state index contributed by atoms with van der Waals surface area (Å²) in [6.07, 6.45) is 2.81. The predicted molar refractivity (Wildman–Crippen MR) is 154 cm³/mol. The molecule has 39 heavy (non-hydrogen) atoms. The normalized spacial score (nSPS) is 28.6. The average Bonchev–Trinajstić information content (AvgIpc) is 2.87. The zero-order chi connectivity index (χ0) is 27.8. The maximum absolute atomic E-state index is 13.5. The molecule has 0 spiro atoms. The maximum atomic E-state index is 13.5. The summed E-state index contributed by atoms with van der Waals surface area (Å²) in [6, 6.07) is 21.2. The number of phenolic OH excluding ortho intramolecular Hbond substituents is 1. The Labute approximate surface area is 231 Å². The molecule has 6 nitrogen and oxygen atoms in total. The molecule has 1 saturated carbocycles. The first kappa shape index (κ1) is 27.2. The molecule has 2 N–H and O–H groups in total. The molecule has 6 heteroatoms. The molecule has 2 fully saturated rings.